The number of benzene rings is 3. The summed E-state index contributed by atoms with van der Waals surface area (Å²) in [6.45, 7) is 0.913. The number of fused-ring (bicyclic) bond motifs is 1. The fourth-order valence-corrected chi connectivity index (χ4v) is 3.19. The highest BCUT2D eigenvalue weighted by atomic mass is 15.0. The van der Waals surface area contributed by atoms with Crippen molar-refractivity contribution < 1.29 is 0 Å². The van der Waals surface area contributed by atoms with Crippen molar-refractivity contribution in [1.29, 1.82) is 0 Å². The second kappa shape index (κ2) is 6.13. The van der Waals surface area contributed by atoms with Crippen LogP contribution < -0.4 is 0 Å². The van der Waals surface area contributed by atoms with E-state index in [4.69, 9.17) is 0 Å². The van der Waals surface area contributed by atoms with Crippen molar-refractivity contribution in [2.45, 2.75) is 13.0 Å². The van der Waals surface area contributed by atoms with E-state index in [1.165, 1.54) is 27.6 Å². The summed E-state index contributed by atoms with van der Waals surface area (Å²) in [5.74, 6) is 0. The summed E-state index contributed by atoms with van der Waals surface area (Å²) in [4.78, 5) is 0. The average molecular weight is 297 g/mol. The van der Waals surface area contributed by atoms with Crippen molar-refractivity contribution >= 4 is 10.9 Å². The van der Waals surface area contributed by atoms with Crippen molar-refractivity contribution in [3.8, 4) is 0 Å². The number of aromatic nitrogens is 1. The van der Waals surface area contributed by atoms with Crippen LogP contribution in [0.25, 0.3) is 10.9 Å². The highest BCUT2D eigenvalue weighted by Crippen LogP contribution is 2.24. The molecule has 0 radical (unpaired) electrons. The third-order valence-corrected chi connectivity index (χ3v) is 4.30. The maximum atomic E-state index is 2.36. The molecule has 4 rings (SSSR count). The molecular formula is C22H19N. The molecule has 1 heteroatoms. The molecule has 0 N–H and O–H groups in total. The standard InChI is InChI=1S/C22H19N/c1-3-9-18(10-4-1)15-20-17-23(16-19-11-5-2-6-12-19)22-14-8-7-13-21(20)22/h1-14,17H,15-16H2. The van der Waals surface area contributed by atoms with E-state index in [1.807, 2.05) is 0 Å². The number of hydrogen-bond donors (Lipinski definition) is 0. The third kappa shape index (κ3) is 2.91. The molecule has 1 aromatic heterocycles. The molecule has 0 saturated carbocycles. The van der Waals surface area contributed by atoms with Crippen molar-refractivity contribution in [3.05, 3.63) is 108 Å². The zero-order valence-electron chi connectivity index (χ0n) is 13.0. The van der Waals surface area contributed by atoms with Gasteiger partial charge in [0.15, 0.2) is 0 Å². The number of rotatable bonds is 4. The number of hydrogen-bond acceptors (Lipinski definition) is 0. The topological polar surface area (TPSA) is 4.93 Å². The first-order valence-electron chi connectivity index (χ1n) is 8.05. The molecule has 4 aromatic rings. The van der Waals surface area contributed by atoms with E-state index in [-0.39, 0.29) is 0 Å². The monoisotopic (exact) mass is 297 g/mol. The van der Waals surface area contributed by atoms with Gasteiger partial charge in [-0.1, -0.05) is 78.9 Å². The minimum absolute atomic E-state index is 0.913. The predicted octanol–water partition coefficient (Wildman–Crippen LogP) is 5.28. The molecule has 0 aliphatic heterocycles. The quantitative estimate of drug-likeness (QED) is 0.483. The summed E-state index contributed by atoms with van der Waals surface area (Å²) in [5.41, 5.74) is 5.39. The molecule has 0 saturated heterocycles. The zero-order valence-corrected chi connectivity index (χ0v) is 13.0. The van der Waals surface area contributed by atoms with E-state index >= 15 is 0 Å². The van der Waals surface area contributed by atoms with E-state index in [0.717, 1.165) is 13.0 Å². The van der Waals surface area contributed by atoms with Gasteiger partial charge in [-0.15, -0.1) is 0 Å². The summed E-state index contributed by atoms with van der Waals surface area (Å²) < 4.78 is 2.36. The van der Waals surface area contributed by atoms with Crippen LogP contribution >= 0.6 is 0 Å². The lowest BCUT2D eigenvalue weighted by molar-refractivity contribution is 0.832. The number of nitrogens with zero attached hydrogens (tertiary/aromatic N) is 1. The second-order valence-electron chi connectivity index (χ2n) is 5.95. The predicted molar refractivity (Wildman–Crippen MR) is 96.7 cm³/mol. The van der Waals surface area contributed by atoms with Gasteiger partial charge in [0.05, 0.1) is 0 Å². The fraction of sp³-hybridized carbons (Fsp3) is 0.0909. The Morgan fingerprint density at radius 1 is 0.609 bits per heavy atom. The lowest BCUT2D eigenvalue weighted by atomic mass is 10.0. The molecule has 23 heavy (non-hydrogen) atoms. The molecule has 112 valence electrons. The third-order valence-electron chi connectivity index (χ3n) is 4.30. The molecule has 0 bridgehead atoms. The maximum absolute atomic E-state index is 2.36. The summed E-state index contributed by atoms with van der Waals surface area (Å²) in [6.07, 6.45) is 3.29. The van der Waals surface area contributed by atoms with Gasteiger partial charge in [-0.3, -0.25) is 0 Å². The van der Waals surface area contributed by atoms with Crippen molar-refractivity contribution in [2.24, 2.45) is 0 Å². The molecular weight excluding hydrogens is 278 g/mol. The zero-order chi connectivity index (χ0) is 15.5. The highest BCUT2D eigenvalue weighted by Gasteiger charge is 2.09. The Morgan fingerprint density at radius 3 is 1.96 bits per heavy atom. The molecule has 0 aliphatic carbocycles. The average Bonchev–Trinajstić information content (AvgIpc) is 2.95. The van der Waals surface area contributed by atoms with Crippen LogP contribution in [-0.2, 0) is 13.0 Å². The smallest absolute Gasteiger partial charge is 0.0486 e. The Hall–Kier alpha value is -2.80. The molecule has 0 unspecified atom stereocenters. The Balaban J connectivity index is 1.74. The van der Waals surface area contributed by atoms with Crippen LogP contribution in [0.5, 0.6) is 0 Å². The Morgan fingerprint density at radius 2 is 1.22 bits per heavy atom. The van der Waals surface area contributed by atoms with E-state index < -0.39 is 0 Å². The molecule has 0 aliphatic rings. The van der Waals surface area contributed by atoms with Gasteiger partial charge >= 0.3 is 0 Å². The van der Waals surface area contributed by atoms with Gasteiger partial charge in [-0.2, -0.15) is 0 Å². The largest absolute Gasteiger partial charge is 0.343 e. The molecule has 1 nitrogen and oxygen atoms in total. The summed E-state index contributed by atoms with van der Waals surface area (Å²) in [6, 6.07) is 30.0. The van der Waals surface area contributed by atoms with Gasteiger partial charge in [0.25, 0.3) is 0 Å². The van der Waals surface area contributed by atoms with Gasteiger partial charge in [0, 0.05) is 23.6 Å². The van der Waals surface area contributed by atoms with Crippen LogP contribution in [0.3, 0.4) is 0 Å². The Kier molecular flexibility index (Phi) is 3.69. The second-order valence-corrected chi connectivity index (χ2v) is 5.95. The van der Waals surface area contributed by atoms with Crippen LogP contribution in [0.1, 0.15) is 16.7 Å². The minimum atomic E-state index is 0.913. The first-order chi connectivity index (χ1) is 11.4. The lowest BCUT2D eigenvalue weighted by Gasteiger charge is -2.05. The molecule has 3 aromatic carbocycles. The van der Waals surface area contributed by atoms with Crippen LogP contribution in [0.4, 0.5) is 0 Å². The van der Waals surface area contributed by atoms with Crippen LogP contribution in [0.15, 0.2) is 91.1 Å². The van der Waals surface area contributed by atoms with E-state index in [1.54, 1.807) is 0 Å². The molecule has 0 amide bonds. The van der Waals surface area contributed by atoms with E-state index in [9.17, 15) is 0 Å². The van der Waals surface area contributed by atoms with Gasteiger partial charge in [0.1, 0.15) is 0 Å². The summed E-state index contributed by atoms with van der Waals surface area (Å²) in [5, 5.41) is 1.35. The first-order valence-corrected chi connectivity index (χ1v) is 8.05. The van der Waals surface area contributed by atoms with Crippen LogP contribution in [-0.4, -0.2) is 4.57 Å². The van der Waals surface area contributed by atoms with Gasteiger partial charge < -0.3 is 4.57 Å². The van der Waals surface area contributed by atoms with Gasteiger partial charge in [-0.05, 0) is 29.2 Å². The van der Waals surface area contributed by atoms with E-state index in [0.29, 0.717) is 0 Å². The minimum Gasteiger partial charge on any atom is -0.343 e. The summed E-state index contributed by atoms with van der Waals surface area (Å²) in [7, 11) is 0. The SMILES string of the molecule is c1ccc(Cc2cn(Cc3ccccc3)c3ccccc23)cc1. The van der Waals surface area contributed by atoms with E-state index in [2.05, 4.69) is 95.7 Å². The number of para-hydroxylation sites is 1. The molecule has 0 atom stereocenters. The molecule has 0 fully saturated rings. The summed E-state index contributed by atoms with van der Waals surface area (Å²) >= 11 is 0. The maximum Gasteiger partial charge on any atom is 0.0486 e. The highest BCUT2D eigenvalue weighted by molar-refractivity contribution is 5.84. The Bertz CT molecular complexity index is 829. The fourth-order valence-electron chi connectivity index (χ4n) is 3.19. The first kappa shape index (κ1) is 13.8. The molecule has 1 heterocycles. The van der Waals surface area contributed by atoms with Crippen LogP contribution in [0.2, 0.25) is 0 Å². The molecule has 0 spiro atoms. The lowest BCUT2D eigenvalue weighted by Crippen LogP contribution is -1.97. The van der Waals surface area contributed by atoms with Crippen molar-refractivity contribution in [2.75, 3.05) is 0 Å². The van der Waals surface area contributed by atoms with Crippen LogP contribution in [0, 0.1) is 0 Å². The van der Waals surface area contributed by atoms with Crippen molar-refractivity contribution in [3.63, 3.8) is 0 Å². The Labute approximate surface area is 136 Å². The van der Waals surface area contributed by atoms with Gasteiger partial charge in [0.2, 0.25) is 0 Å². The van der Waals surface area contributed by atoms with Crippen molar-refractivity contribution in [1.82, 2.24) is 4.57 Å². The normalized spacial score (nSPS) is 11.0. The van der Waals surface area contributed by atoms with Gasteiger partial charge in [-0.25, -0.2) is 0 Å².